The molecule has 4 rings (SSSR count). The molecule has 3 aromatic rings. The number of hydrogen-bond acceptors (Lipinski definition) is 8. The number of aryl methyl sites for hydroxylation is 1. The fourth-order valence-corrected chi connectivity index (χ4v) is 4.77. The fraction of sp³-hybridized carbons (Fsp3) is 0.476. The molecule has 1 aromatic carbocycles. The predicted octanol–water partition coefficient (Wildman–Crippen LogP) is 3.28. The van der Waals surface area contributed by atoms with Crippen LogP contribution in [0.3, 0.4) is 0 Å². The molecule has 0 unspecified atom stereocenters. The molecule has 0 spiro atoms. The third kappa shape index (κ3) is 4.90. The van der Waals surface area contributed by atoms with Crippen molar-refractivity contribution in [2.24, 2.45) is 0 Å². The van der Waals surface area contributed by atoms with Crippen LogP contribution in [0.25, 0.3) is 5.69 Å². The summed E-state index contributed by atoms with van der Waals surface area (Å²) in [6, 6.07) is 6.52. The highest BCUT2D eigenvalue weighted by Gasteiger charge is 2.23. The van der Waals surface area contributed by atoms with Crippen LogP contribution in [-0.2, 0) is 6.42 Å². The molecule has 2 aromatic heterocycles. The summed E-state index contributed by atoms with van der Waals surface area (Å²) in [5.74, 6) is 0.638. The summed E-state index contributed by atoms with van der Waals surface area (Å²) >= 11 is 1.61. The van der Waals surface area contributed by atoms with Crippen LogP contribution in [0.1, 0.15) is 60.2 Å². The van der Waals surface area contributed by atoms with Gasteiger partial charge in [-0.05, 0) is 38.5 Å². The number of nitro groups is 1. The number of carbonyl (C=O) groups is 1. The van der Waals surface area contributed by atoms with Crippen LogP contribution < -0.4 is 5.32 Å². The lowest BCUT2D eigenvalue weighted by molar-refractivity contribution is -0.384. The van der Waals surface area contributed by atoms with E-state index in [1.54, 1.807) is 30.8 Å². The largest absolute Gasteiger partial charge is 0.351 e. The van der Waals surface area contributed by atoms with Gasteiger partial charge in [-0.3, -0.25) is 14.9 Å². The Balaban J connectivity index is 1.36. The van der Waals surface area contributed by atoms with Gasteiger partial charge in [-0.15, -0.1) is 15.3 Å². The van der Waals surface area contributed by atoms with Gasteiger partial charge in [0.05, 0.1) is 16.3 Å². The average molecular weight is 471 g/mol. The van der Waals surface area contributed by atoms with Gasteiger partial charge < -0.3 is 9.88 Å². The van der Waals surface area contributed by atoms with Gasteiger partial charge in [-0.25, -0.2) is 4.68 Å². The fourth-order valence-electron chi connectivity index (χ4n) is 4.20. The Kier molecular flexibility index (Phi) is 7.02. The van der Waals surface area contributed by atoms with Crippen LogP contribution in [0, 0.1) is 17.0 Å². The van der Waals surface area contributed by atoms with E-state index in [0.717, 1.165) is 36.7 Å². The Bertz CT molecular complexity index is 1150. The predicted molar refractivity (Wildman–Crippen MR) is 123 cm³/mol. The van der Waals surface area contributed by atoms with Gasteiger partial charge in [0.25, 0.3) is 11.6 Å². The maximum atomic E-state index is 12.7. The van der Waals surface area contributed by atoms with Gasteiger partial charge in [-0.2, -0.15) is 0 Å². The van der Waals surface area contributed by atoms with Gasteiger partial charge >= 0.3 is 0 Å². The third-order valence-electron chi connectivity index (χ3n) is 5.87. The highest BCUT2D eigenvalue weighted by atomic mass is 32.2. The molecule has 0 saturated heterocycles. The van der Waals surface area contributed by atoms with Crippen LogP contribution >= 0.6 is 11.8 Å². The number of aromatic nitrogens is 6. The zero-order valence-electron chi connectivity index (χ0n) is 18.6. The molecular weight excluding hydrogens is 444 g/mol. The SMILES string of the molecule is CSc1nnc(CCCNC(=O)c2nnn(-c3cccc([N+](=O)[O-])c3)c2C)n1C1CCCC1. The summed E-state index contributed by atoms with van der Waals surface area (Å²) in [5.41, 5.74) is 1.13. The minimum atomic E-state index is -0.473. The Morgan fingerprint density at radius 3 is 2.79 bits per heavy atom. The lowest BCUT2D eigenvalue weighted by atomic mass is 10.2. The van der Waals surface area contributed by atoms with Crippen molar-refractivity contribution in [1.82, 2.24) is 35.1 Å². The standard InChI is InChI=1S/C21H26N8O3S/c1-14-19(24-26-28(14)16-9-5-10-17(13-16)29(31)32)20(30)22-12-6-11-18-23-25-21(33-2)27(18)15-7-3-4-8-15/h5,9-10,13,15H,3-4,6-8,11-12H2,1-2H3,(H,22,30). The molecular formula is C21H26N8O3S. The molecule has 0 bridgehead atoms. The molecule has 1 N–H and O–H groups in total. The molecule has 1 fully saturated rings. The van der Waals surface area contributed by atoms with E-state index in [0.29, 0.717) is 24.0 Å². The Hall–Kier alpha value is -3.28. The molecule has 0 aliphatic heterocycles. The minimum Gasteiger partial charge on any atom is -0.351 e. The first-order valence-electron chi connectivity index (χ1n) is 10.9. The first-order valence-corrected chi connectivity index (χ1v) is 12.1. The molecule has 174 valence electrons. The van der Waals surface area contributed by atoms with Gasteiger partial charge in [0.15, 0.2) is 10.9 Å². The van der Waals surface area contributed by atoms with Crippen LogP contribution in [0.5, 0.6) is 0 Å². The Labute approximate surface area is 195 Å². The highest BCUT2D eigenvalue weighted by molar-refractivity contribution is 7.98. The number of hydrogen-bond donors (Lipinski definition) is 1. The number of non-ortho nitro benzene ring substituents is 1. The second-order valence-electron chi connectivity index (χ2n) is 7.98. The highest BCUT2D eigenvalue weighted by Crippen LogP contribution is 2.33. The van der Waals surface area contributed by atoms with Gasteiger partial charge in [0.1, 0.15) is 5.82 Å². The molecule has 1 aliphatic rings. The van der Waals surface area contributed by atoms with Crippen molar-refractivity contribution >= 4 is 23.4 Å². The van der Waals surface area contributed by atoms with E-state index in [-0.39, 0.29) is 17.3 Å². The first-order chi connectivity index (χ1) is 16.0. The van der Waals surface area contributed by atoms with E-state index < -0.39 is 4.92 Å². The van der Waals surface area contributed by atoms with E-state index in [1.165, 1.54) is 29.7 Å². The maximum absolute atomic E-state index is 12.7. The maximum Gasteiger partial charge on any atom is 0.273 e. The van der Waals surface area contributed by atoms with Crippen LogP contribution in [0.15, 0.2) is 29.4 Å². The van der Waals surface area contributed by atoms with E-state index in [4.69, 9.17) is 0 Å². The second kappa shape index (κ2) is 10.1. The molecule has 0 atom stereocenters. The van der Waals surface area contributed by atoms with Crippen LogP contribution in [-0.4, -0.2) is 53.4 Å². The summed E-state index contributed by atoms with van der Waals surface area (Å²) in [6.45, 7) is 2.18. The summed E-state index contributed by atoms with van der Waals surface area (Å²) in [4.78, 5) is 23.2. The van der Waals surface area contributed by atoms with E-state index in [2.05, 4.69) is 30.4 Å². The minimum absolute atomic E-state index is 0.0523. The number of rotatable bonds is 9. The van der Waals surface area contributed by atoms with Crippen LogP contribution in [0.2, 0.25) is 0 Å². The lowest BCUT2D eigenvalue weighted by Gasteiger charge is -2.16. The number of nitro benzene ring substituents is 1. The van der Waals surface area contributed by atoms with Gasteiger partial charge in [0, 0.05) is 31.1 Å². The average Bonchev–Trinajstić information content (AvgIpc) is 3.56. The van der Waals surface area contributed by atoms with Crippen molar-refractivity contribution in [2.45, 2.75) is 56.6 Å². The zero-order chi connectivity index (χ0) is 23.4. The topological polar surface area (TPSA) is 134 Å². The first kappa shape index (κ1) is 22.9. The molecule has 1 amide bonds. The summed E-state index contributed by atoms with van der Waals surface area (Å²) in [7, 11) is 0. The second-order valence-corrected chi connectivity index (χ2v) is 8.76. The summed E-state index contributed by atoms with van der Waals surface area (Å²) in [5, 5.41) is 31.6. The third-order valence-corrected chi connectivity index (χ3v) is 6.51. The van der Waals surface area contributed by atoms with E-state index in [9.17, 15) is 14.9 Å². The zero-order valence-corrected chi connectivity index (χ0v) is 19.4. The normalized spacial score (nSPS) is 14.0. The monoisotopic (exact) mass is 470 g/mol. The molecule has 1 aliphatic carbocycles. The number of benzene rings is 1. The Morgan fingerprint density at radius 1 is 1.27 bits per heavy atom. The Morgan fingerprint density at radius 2 is 2.06 bits per heavy atom. The molecule has 12 heteroatoms. The summed E-state index contributed by atoms with van der Waals surface area (Å²) < 4.78 is 3.70. The lowest BCUT2D eigenvalue weighted by Crippen LogP contribution is -2.26. The van der Waals surface area contributed by atoms with Crippen molar-refractivity contribution < 1.29 is 9.72 Å². The number of nitrogens with one attached hydrogen (secondary N) is 1. The van der Waals surface area contributed by atoms with Crippen molar-refractivity contribution in [3.05, 3.63) is 51.6 Å². The van der Waals surface area contributed by atoms with E-state index in [1.807, 2.05) is 6.26 Å². The van der Waals surface area contributed by atoms with Crippen molar-refractivity contribution in [3.63, 3.8) is 0 Å². The number of amides is 1. The van der Waals surface area contributed by atoms with Crippen LogP contribution in [0.4, 0.5) is 5.69 Å². The van der Waals surface area contributed by atoms with E-state index >= 15 is 0 Å². The number of nitrogens with zero attached hydrogens (tertiary/aromatic N) is 7. The molecule has 2 heterocycles. The number of thioether (sulfide) groups is 1. The van der Waals surface area contributed by atoms with Crippen molar-refractivity contribution in [3.8, 4) is 5.69 Å². The molecule has 11 nitrogen and oxygen atoms in total. The number of carbonyl (C=O) groups excluding carboxylic acids is 1. The molecule has 1 saturated carbocycles. The van der Waals surface area contributed by atoms with Crippen molar-refractivity contribution in [1.29, 1.82) is 0 Å². The smallest absolute Gasteiger partial charge is 0.273 e. The summed E-state index contributed by atoms with van der Waals surface area (Å²) in [6.07, 6.45) is 8.27. The van der Waals surface area contributed by atoms with Gasteiger partial charge in [-0.1, -0.05) is 35.9 Å². The molecule has 33 heavy (non-hydrogen) atoms. The van der Waals surface area contributed by atoms with Gasteiger partial charge in [0.2, 0.25) is 0 Å². The molecule has 0 radical (unpaired) electrons. The van der Waals surface area contributed by atoms with Crippen molar-refractivity contribution in [2.75, 3.05) is 12.8 Å². The quantitative estimate of drug-likeness (QED) is 0.218.